The molecule has 0 aliphatic heterocycles. The van der Waals surface area contributed by atoms with Gasteiger partial charge < -0.3 is 15.2 Å². The molecule has 2 N–H and O–H groups in total. The third-order valence-corrected chi connectivity index (χ3v) is 3.39. The van der Waals surface area contributed by atoms with Crippen LogP contribution in [0.15, 0.2) is 72.9 Å². The Labute approximate surface area is 139 Å². The zero-order chi connectivity index (χ0) is 16.8. The highest BCUT2D eigenvalue weighted by Gasteiger charge is 2.03. The van der Waals surface area contributed by atoms with E-state index < -0.39 is 5.97 Å². The van der Waals surface area contributed by atoms with Gasteiger partial charge in [-0.05, 0) is 42.0 Å². The summed E-state index contributed by atoms with van der Waals surface area (Å²) in [6, 6.07) is 20.5. The smallest absolute Gasteiger partial charge is 0.337 e. The number of hydrogen-bond acceptors (Lipinski definition) is 4. The first-order valence-electron chi connectivity index (χ1n) is 7.46. The number of aromatic nitrogens is 1. The molecule has 0 radical (unpaired) electrons. The average Bonchev–Trinajstić information content (AvgIpc) is 2.62. The number of ether oxygens (including phenoxy) is 1. The Morgan fingerprint density at radius 1 is 0.958 bits per heavy atom. The molecule has 1 heterocycles. The van der Waals surface area contributed by atoms with Gasteiger partial charge in [-0.15, -0.1) is 0 Å². The molecular weight excluding hydrogens is 304 g/mol. The van der Waals surface area contributed by atoms with Crippen LogP contribution in [0.25, 0.3) is 0 Å². The molecule has 0 amide bonds. The van der Waals surface area contributed by atoms with Crippen LogP contribution >= 0.6 is 0 Å². The molecule has 0 bridgehead atoms. The summed E-state index contributed by atoms with van der Waals surface area (Å²) in [5.41, 5.74) is 1.24. The quantitative estimate of drug-likeness (QED) is 0.713. The zero-order valence-electron chi connectivity index (χ0n) is 12.8. The van der Waals surface area contributed by atoms with Gasteiger partial charge in [0.1, 0.15) is 17.3 Å². The van der Waals surface area contributed by atoms with Crippen LogP contribution in [0.2, 0.25) is 0 Å². The molecule has 0 aliphatic rings. The summed E-state index contributed by atoms with van der Waals surface area (Å²) in [7, 11) is 0. The highest BCUT2D eigenvalue weighted by atomic mass is 16.5. The number of rotatable bonds is 6. The Bertz CT molecular complexity index is 800. The van der Waals surface area contributed by atoms with Crippen LogP contribution in [0, 0.1) is 0 Å². The van der Waals surface area contributed by atoms with Gasteiger partial charge in [-0.3, -0.25) is 0 Å². The summed E-state index contributed by atoms with van der Waals surface area (Å²) in [5, 5.41) is 12.0. The van der Waals surface area contributed by atoms with Crippen LogP contribution in [-0.2, 0) is 6.54 Å². The van der Waals surface area contributed by atoms with Crippen molar-refractivity contribution in [1.29, 1.82) is 0 Å². The standard InChI is InChI=1S/C19H16N2O3/c22-19(23)15-8-11-18(21-13-15)20-12-14-6-9-17(10-7-14)24-16-4-2-1-3-5-16/h1-11,13H,12H2,(H,20,21)(H,22,23). The molecule has 5 nitrogen and oxygen atoms in total. The molecule has 0 saturated carbocycles. The Morgan fingerprint density at radius 3 is 2.29 bits per heavy atom. The summed E-state index contributed by atoms with van der Waals surface area (Å²) in [4.78, 5) is 14.9. The molecule has 3 rings (SSSR count). The second-order valence-electron chi connectivity index (χ2n) is 5.15. The number of aromatic carboxylic acids is 1. The number of pyridine rings is 1. The van der Waals surface area contributed by atoms with Gasteiger partial charge in [-0.2, -0.15) is 0 Å². The second kappa shape index (κ2) is 7.28. The van der Waals surface area contributed by atoms with Crippen molar-refractivity contribution < 1.29 is 14.6 Å². The van der Waals surface area contributed by atoms with E-state index in [9.17, 15) is 4.79 Å². The monoisotopic (exact) mass is 320 g/mol. The highest BCUT2D eigenvalue weighted by Crippen LogP contribution is 2.21. The van der Waals surface area contributed by atoms with E-state index in [1.165, 1.54) is 12.3 Å². The Balaban J connectivity index is 1.57. The fraction of sp³-hybridized carbons (Fsp3) is 0.0526. The van der Waals surface area contributed by atoms with Crippen LogP contribution in [0.3, 0.4) is 0 Å². The van der Waals surface area contributed by atoms with Crippen molar-refractivity contribution >= 4 is 11.8 Å². The number of para-hydroxylation sites is 1. The lowest BCUT2D eigenvalue weighted by Gasteiger charge is -2.08. The predicted molar refractivity (Wildman–Crippen MR) is 91.5 cm³/mol. The van der Waals surface area contributed by atoms with Gasteiger partial charge in [0, 0.05) is 12.7 Å². The van der Waals surface area contributed by atoms with E-state index >= 15 is 0 Å². The van der Waals surface area contributed by atoms with E-state index in [0.717, 1.165) is 17.1 Å². The maximum atomic E-state index is 10.8. The van der Waals surface area contributed by atoms with Crippen LogP contribution in [0.5, 0.6) is 11.5 Å². The van der Waals surface area contributed by atoms with E-state index in [2.05, 4.69) is 10.3 Å². The molecule has 0 spiro atoms. The Kier molecular flexibility index (Phi) is 4.72. The number of hydrogen-bond donors (Lipinski definition) is 2. The van der Waals surface area contributed by atoms with Crippen molar-refractivity contribution in [2.45, 2.75) is 6.54 Å². The summed E-state index contributed by atoms with van der Waals surface area (Å²) >= 11 is 0. The van der Waals surface area contributed by atoms with Crippen molar-refractivity contribution in [3.63, 3.8) is 0 Å². The molecule has 2 aromatic carbocycles. The van der Waals surface area contributed by atoms with Gasteiger partial charge in [0.05, 0.1) is 5.56 Å². The fourth-order valence-corrected chi connectivity index (χ4v) is 2.12. The van der Waals surface area contributed by atoms with Crippen molar-refractivity contribution in [3.8, 4) is 11.5 Å². The van der Waals surface area contributed by atoms with E-state index in [1.807, 2.05) is 54.6 Å². The molecule has 3 aromatic rings. The lowest BCUT2D eigenvalue weighted by atomic mass is 10.2. The average molecular weight is 320 g/mol. The maximum Gasteiger partial charge on any atom is 0.337 e. The third kappa shape index (κ3) is 4.10. The van der Waals surface area contributed by atoms with Crippen LogP contribution < -0.4 is 10.1 Å². The number of carboxylic acid groups (broad SMARTS) is 1. The number of anilines is 1. The van der Waals surface area contributed by atoms with Gasteiger partial charge in [-0.1, -0.05) is 30.3 Å². The van der Waals surface area contributed by atoms with Crippen LogP contribution in [0.1, 0.15) is 15.9 Å². The third-order valence-electron chi connectivity index (χ3n) is 3.39. The molecule has 0 atom stereocenters. The van der Waals surface area contributed by atoms with Crippen molar-refractivity contribution in [2.75, 3.05) is 5.32 Å². The largest absolute Gasteiger partial charge is 0.478 e. The fourth-order valence-electron chi connectivity index (χ4n) is 2.12. The Morgan fingerprint density at radius 2 is 1.67 bits per heavy atom. The van der Waals surface area contributed by atoms with E-state index in [1.54, 1.807) is 6.07 Å². The van der Waals surface area contributed by atoms with Crippen molar-refractivity contribution in [2.24, 2.45) is 0 Å². The molecule has 0 saturated heterocycles. The summed E-state index contributed by atoms with van der Waals surface area (Å²) < 4.78 is 5.74. The highest BCUT2D eigenvalue weighted by molar-refractivity contribution is 5.87. The second-order valence-corrected chi connectivity index (χ2v) is 5.15. The lowest BCUT2D eigenvalue weighted by molar-refractivity contribution is 0.0696. The van der Waals surface area contributed by atoms with Gasteiger partial charge >= 0.3 is 5.97 Å². The normalized spacial score (nSPS) is 10.2. The van der Waals surface area contributed by atoms with Gasteiger partial charge in [0.2, 0.25) is 0 Å². The SMILES string of the molecule is O=C(O)c1ccc(NCc2ccc(Oc3ccccc3)cc2)nc1. The summed E-state index contributed by atoms with van der Waals surface area (Å²) in [6.45, 7) is 0.588. The number of nitrogens with one attached hydrogen (secondary N) is 1. The number of carboxylic acids is 1. The van der Waals surface area contributed by atoms with E-state index in [-0.39, 0.29) is 5.56 Å². The molecule has 0 fully saturated rings. The predicted octanol–water partition coefficient (Wildman–Crippen LogP) is 4.18. The molecule has 5 heteroatoms. The minimum atomic E-state index is -0.983. The van der Waals surface area contributed by atoms with Crippen molar-refractivity contribution in [3.05, 3.63) is 84.1 Å². The summed E-state index contributed by atoms with van der Waals surface area (Å²) in [6.07, 6.45) is 1.33. The van der Waals surface area contributed by atoms with Crippen LogP contribution in [0.4, 0.5) is 5.82 Å². The molecule has 120 valence electrons. The first kappa shape index (κ1) is 15.6. The molecule has 0 aliphatic carbocycles. The van der Waals surface area contributed by atoms with Gasteiger partial charge in [-0.25, -0.2) is 9.78 Å². The van der Waals surface area contributed by atoms with E-state index in [0.29, 0.717) is 12.4 Å². The van der Waals surface area contributed by atoms with Crippen molar-refractivity contribution in [1.82, 2.24) is 4.98 Å². The molecule has 0 unspecified atom stereocenters. The number of benzene rings is 2. The molecule has 24 heavy (non-hydrogen) atoms. The van der Waals surface area contributed by atoms with E-state index in [4.69, 9.17) is 9.84 Å². The summed E-state index contributed by atoms with van der Waals surface area (Å²) in [5.74, 6) is 1.22. The minimum Gasteiger partial charge on any atom is -0.478 e. The Hall–Kier alpha value is -3.34. The van der Waals surface area contributed by atoms with Gasteiger partial charge in [0.15, 0.2) is 0 Å². The molecular formula is C19H16N2O3. The minimum absolute atomic E-state index is 0.169. The molecule has 1 aromatic heterocycles. The first-order chi connectivity index (χ1) is 11.7. The topological polar surface area (TPSA) is 71.5 Å². The maximum absolute atomic E-state index is 10.8. The van der Waals surface area contributed by atoms with Crippen LogP contribution in [-0.4, -0.2) is 16.1 Å². The van der Waals surface area contributed by atoms with Gasteiger partial charge in [0.25, 0.3) is 0 Å². The number of carbonyl (C=O) groups is 1. The number of nitrogens with zero attached hydrogens (tertiary/aromatic N) is 1. The first-order valence-corrected chi connectivity index (χ1v) is 7.46. The zero-order valence-corrected chi connectivity index (χ0v) is 12.8. The lowest BCUT2D eigenvalue weighted by Crippen LogP contribution is -2.03.